The SMILES string of the molecule is O=C(NCc1cccc(O)c1)N(Cc1ccccc1)C1CC1. The first kappa shape index (κ1) is 14.4. The molecular formula is C18H20N2O2. The van der Waals surface area contributed by atoms with Crippen LogP contribution < -0.4 is 5.32 Å². The van der Waals surface area contributed by atoms with Crippen molar-refractivity contribution in [1.29, 1.82) is 0 Å². The monoisotopic (exact) mass is 296 g/mol. The van der Waals surface area contributed by atoms with E-state index in [1.54, 1.807) is 18.2 Å². The maximum Gasteiger partial charge on any atom is 0.318 e. The Morgan fingerprint density at radius 3 is 2.50 bits per heavy atom. The van der Waals surface area contributed by atoms with Gasteiger partial charge < -0.3 is 15.3 Å². The quantitative estimate of drug-likeness (QED) is 0.889. The summed E-state index contributed by atoms with van der Waals surface area (Å²) in [6, 6.07) is 17.3. The van der Waals surface area contributed by atoms with Crippen LogP contribution in [0, 0.1) is 0 Å². The number of phenolic OH excluding ortho intramolecular Hbond substituents is 1. The minimum Gasteiger partial charge on any atom is -0.508 e. The van der Waals surface area contributed by atoms with Gasteiger partial charge in [-0.2, -0.15) is 0 Å². The normalized spacial score (nSPS) is 13.6. The summed E-state index contributed by atoms with van der Waals surface area (Å²) < 4.78 is 0. The molecule has 1 aliphatic carbocycles. The number of rotatable bonds is 5. The Kier molecular flexibility index (Phi) is 4.28. The standard InChI is InChI=1S/C18H20N2O2/c21-17-8-4-7-15(11-17)12-19-18(22)20(16-9-10-16)13-14-5-2-1-3-6-14/h1-8,11,16,21H,9-10,12-13H2,(H,19,22). The molecule has 4 nitrogen and oxygen atoms in total. The molecule has 22 heavy (non-hydrogen) atoms. The Hall–Kier alpha value is -2.49. The van der Waals surface area contributed by atoms with E-state index >= 15 is 0 Å². The van der Waals surface area contributed by atoms with Crippen molar-refractivity contribution in [1.82, 2.24) is 10.2 Å². The largest absolute Gasteiger partial charge is 0.508 e. The van der Waals surface area contributed by atoms with E-state index in [0.717, 1.165) is 24.0 Å². The lowest BCUT2D eigenvalue weighted by Gasteiger charge is -2.23. The van der Waals surface area contributed by atoms with Crippen molar-refractivity contribution in [3.05, 3.63) is 65.7 Å². The predicted molar refractivity (Wildman–Crippen MR) is 85.3 cm³/mol. The van der Waals surface area contributed by atoms with Gasteiger partial charge in [0, 0.05) is 19.1 Å². The third-order valence-electron chi connectivity index (χ3n) is 3.80. The fourth-order valence-corrected chi connectivity index (χ4v) is 2.48. The van der Waals surface area contributed by atoms with Crippen LogP contribution in [0.25, 0.3) is 0 Å². The molecule has 114 valence electrons. The molecule has 0 aromatic heterocycles. The molecule has 0 bridgehead atoms. The Morgan fingerprint density at radius 1 is 1.09 bits per heavy atom. The maximum absolute atomic E-state index is 12.4. The summed E-state index contributed by atoms with van der Waals surface area (Å²) in [5.41, 5.74) is 2.03. The van der Waals surface area contributed by atoms with Crippen molar-refractivity contribution in [2.45, 2.75) is 32.0 Å². The molecule has 0 atom stereocenters. The van der Waals surface area contributed by atoms with Gasteiger partial charge in [-0.05, 0) is 36.1 Å². The second kappa shape index (κ2) is 6.52. The highest BCUT2D eigenvalue weighted by molar-refractivity contribution is 5.75. The number of nitrogens with one attached hydrogen (secondary N) is 1. The maximum atomic E-state index is 12.4. The summed E-state index contributed by atoms with van der Waals surface area (Å²) in [6.07, 6.45) is 2.15. The summed E-state index contributed by atoms with van der Waals surface area (Å²) >= 11 is 0. The van der Waals surface area contributed by atoms with Crippen molar-refractivity contribution in [2.24, 2.45) is 0 Å². The number of urea groups is 1. The molecule has 3 rings (SSSR count). The summed E-state index contributed by atoms with van der Waals surface area (Å²) in [5.74, 6) is 0.218. The second-order valence-corrected chi connectivity index (χ2v) is 5.67. The molecule has 0 heterocycles. The van der Waals surface area contributed by atoms with Crippen molar-refractivity contribution in [3.8, 4) is 5.75 Å². The Morgan fingerprint density at radius 2 is 1.82 bits per heavy atom. The van der Waals surface area contributed by atoms with Crippen LogP contribution in [-0.4, -0.2) is 22.1 Å². The predicted octanol–water partition coefficient (Wildman–Crippen LogP) is 3.27. The summed E-state index contributed by atoms with van der Waals surface area (Å²) in [4.78, 5) is 14.3. The van der Waals surface area contributed by atoms with E-state index in [2.05, 4.69) is 5.32 Å². The number of carbonyl (C=O) groups excluding carboxylic acids is 1. The van der Waals surface area contributed by atoms with Crippen LogP contribution in [0.5, 0.6) is 5.75 Å². The average molecular weight is 296 g/mol. The van der Waals surface area contributed by atoms with E-state index in [-0.39, 0.29) is 11.8 Å². The molecule has 4 heteroatoms. The highest BCUT2D eigenvalue weighted by atomic mass is 16.3. The summed E-state index contributed by atoms with van der Waals surface area (Å²) in [7, 11) is 0. The van der Waals surface area contributed by atoms with E-state index < -0.39 is 0 Å². The fraction of sp³-hybridized carbons (Fsp3) is 0.278. The zero-order valence-corrected chi connectivity index (χ0v) is 12.4. The van der Waals surface area contributed by atoms with Gasteiger partial charge in [0.2, 0.25) is 0 Å². The number of amides is 2. The van der Waals surface area contributed by atoms with Crippen LogP contribution >= 0.6 is 0 Å². The molecule has 0 radical (unpaired) electrons. The molecule has 0 saturated heterocycles. The molecule has 2 N–H and O–H groups in total. The lowest BCUT2D eigenvalue weighted by atomic mass is 10.2. The number of hydrogen-bond donors (Lipinski definition) is 2. The van der Waals surface area contributed by atoms with Crippen molar-refractivity contribution < 1.29 is 9.90 Å². The van der Waals surface area contributed by atoms with Gasteiger partial charge in [0.15, 0.2) is 0 Å². The summed E-state index contributed by atoms with van der Waals surface area (Å²) in [5, 5.41) is 12.4. The first-order valence-electron chi connectivity index (χ1n) is 7.58. The number of aromatic hydroxyl groups is 1. The highest BCUT2D eigenvalue weighted by Gasteiger charge is 2.32. The number of phenols is 1. The number of benzene rings is 2. The van der Waals surface area contributed by atoms with Gasteiger partial charge >= 0.3 is 6.03 Å². The molecule has 0 aliphatic heterocycles. The second-order valence-electron chi connectivity index (χ2n) is 5.67. The van der Waals surface area contributed by atoms with Crippen LogP contribution in [0.3, 0.4) is 0 Å². The van der Waals surface area contributed by atoms with Crippen molar-refractivity contribution in [3.63, 3.8) is 0 Å². The highest BCUT2D eigenvalue weighted by Crippen LogP contribution is 2.28. The van der Waals surface area contributed by atoms with Gasteiger partial charge in [-0.3, -0.25) is 0 Å². The van der Waals surface area contributed by atoms with Gasteiger partial charge in [0.25, 0.3) is 0 Å². The minimum atomic E-state index is -0.0466. The van der Waals surface area contributed by atoms with Crippen LogP contribution in [0.15, 0.2) is 54.6 Å². The third-order valence-corrected chi connectivity index (χ3v) is 3.80. The lowest BCUT2D eigenvalue weighted by molar-refractivity contribution is 0.191. The molecule has 0 unspecified atom stereocenters. The van der Waals surface area contributed by atoms with Gasteiger partial charge in [-0.25, -0.2) is 4.79 Å². The van der Waals surface area contributed by atoms with Crippen LogP contribution in [0.1, 0.15) is 24.0 Å². The zero-order chi connectivity index (χ0) is 15.4. The molecule has 2 amide bonds. The van der Waals surface area contributed by atoms with E-state index in [4.69, 9.17) is 0 Å². The van der Waals surface area contributed by atoms with Crippen molar-refractivity contribution >= 4 is 6.03 Å². The van der Waals surface area contributed by atoms with Gasteiger partial charge in [-0.1, -0.05) is 42.5 Å². The molecule has 2 aromatic carbocycles. The van der Waals surface area contributed by atoms with Gasteiger partial charge in [-0.15, -0.1) is 0 Å². The Balaban J connectivity index is 1.61. The number of carbonyl (C=O) groups is 1. The molecular weight excluding hydrogens is 276 g/mol. The smallest absolute Gasteiger partial charge is 0.318 e. The van der Waals surface area contributed by atoms with E-state index in [1.165, 1.54) is 0 Å². The van der Waals surface area contributed by atoms with E-state index in [0.29, 0.717) is 19.1 Å². The van der Waals surface area contributed by atoms with Gasteiger partial charge in [0.1, 0.15) is 5.75 Å². The first-order valence-corrected chi connectivity index (χ1v) is 7.58. The number of nitrogens with zero attached hydrogens (tertiary/aromatic N) is 1. The molecule has 0 spiro atoms. The van der Waals surface area contributed by atoms with Crippen LogP contribution in [0.2, 0.25) is 0 Å². The molecule has 1 aliphatic rings. The number of hydrogen-bond acceptors (Lipinski definition) is 2. The molecule has 1 fully saturated rings. The van der Waals surface area contributed by atoms with Crippen LogP contribution in [0.4, 0.5) is 4.79 Å². The average Bonchev–Trinajstić information content (AvgIpc) is 3.36. The summed E-state index contributed by atoms with van der Waals surface area (Å²) in [6.45, 7) is 1.06. The van der Waals surface area contributed by atoms with Gasteiger partial charge in [0.05, 0.1) is 0 Å². The van der Waals surface area contributed by atoms with Crippen LogP contribution in [-0.2, 0) is 13.1 Å². The van der Waals surface area contributed by atoms with E-state index in [9.17, 15) is 9.90 Å². The van der Waals surface area contributed by atoms with Crippen molar-refractivity contribution in [2.75, 3.05) is 0 Å². The first-order chi connectivity index (χ1) is 10.7. The molecule has 1 saturated carbocycles. The lowest BCUT2D eigenvalue weighted by Crippen LogP contribution is -2.40. The fourth-order valence-electron chi connectivity index (χ4n) is 2.48. The topological polar surface area (TPSA) is 52.6 Å². The molecule has 2 aromatic rings. The third kappa shape index (κ3) is 3.79. The van der Waals surface area contributed by atoms with E-state index in [1.807, 2.05) is 41.3 Å². The Labute approximate surface area is 130 Å². The zero-order valence-electron chi connectivity index (χ0n) is 12.4. The Bertz CT molecular complexity index is 639. The minimum absolute atomic E-state index is 0.0466.